The van der Waals surface area contributed by atoms with Crippen LogP contribution in [0.25, 0.3) is 0 Å². The Morgan fingerprint density at radius 3 is 3.08 bits per heavy atom. The maximum absolute atomic E-state index is 12.3. The van der Waals surface area contributed by atoms with Gasteiger partial charge in [-0.25, -0.2) is 0 Å². The number of carbonyl (C=O) groups excluding carboxylic acids is 1. The summed E-state index contributed by atoms with van der Waals surface area (Å²) in [5.74, 6) is 1.04. The molecule has 24 heavy (non-hydrogen) atoms. The lowest BCUT2D eigenvalue weighted by atomic mass is 10.1. The first-order valence-corrected chi connectivity index (χ1v) is 8.13. The molecule has 0 unspecified atom stereocenters. The highest BCUT2D eigenvalue weighted by Crippen LogP contribution is 2.32. The molecule has 7 heteroatoms. The average molecular weight is 329 g/mol. The largest absolute Gasteiger partial charge is 0.454 e. The van der Waals surface area contributed by atoms with Gasteiger partial charge in [-0.15, -0.1) is 0 Å². The molecule has 1 N–H and O–H groups in total. The first kappa shape index (κ1) is 15.0. The van der Waals surface area contributed by atoms with E-state index in [4.69, 9.17) is 14.2 Å². The minimum absolute atomic E-state index is 0.191. The lowest BCUT2D eigenvalue weighted by Gasteiger charge is -2.22. The van der Waals surface area contributed by atoms with E-state index >= 15 is 0 Å². The number of rotatable bonds is 4. The Morgan fingerprint density at radius 2 is 2.21 bits per heavy atom. The van der Waals surface area contributed by atoms with Gasteiger partial charge in [-0.3, -0.25) is 9.48 Å². The van der Waals surface area contributed by atoms with Crippen LogP contribution in [0.1, 0.15) is 29.6 Å². The number of nitrogens with one attached hydrogen (secondary N) is 1. The van der Waals surface area contributed by atoms with Crippen LogP contribution in [0.4, 0.5) is 5.69 Å². The fourth-order valence-corrected chi connectivity index (χ4v) is 2.93. The molecule has 3 heterocycles. The number of benzene rings is 1. The molecule has 2 aromatic rings. The van der Waals surface area contributed by atoms with Crippen molar-refractivity contribution < 1.29 is 19.0 Å². The van der Waals surface area contributed by atoms with E-state index in [1.54, 1.807) is 24.4 Å². The summed E-state index contributed by atoms with van der Waals surface area (Å²) in [5.41, 5.74) is 1.18. The second-order valence-electron chi connectivity index (χ2n) is 5.96. The van der Waals surface area contributed by atoms with Crippen LogP contribution < -0.4 is 14.8 Å². The summed E-state index contributed by atoms with van der Waals surface area (Å²) < 4.78 is 18.1. The zero-order chi connectivity index (χ0) is 16.4. The lowest BCUT2D eigenvalue weighted by Crippen LogP contribution is -2.24. The van der Waals surface area contributed by atoms with Gasteiger partial charge in [0, 0.05) is 18.4 Å². The molecule has 2 aliphatic rings. The third-order valence-corrected chi connectivity index (χ3v) is 4.19. The summed E-state index contributed by atoms with van der Waals surface area (Å²) in [7, 11) is 0. The summed E-state index contributed by atoms with van der Waals surface area (Å²) in [6, 6.07) is 5.13. The van der Waals surface area contributed by atoms with Crippen molar-refractivity contribution in [3.63, 3.8) is 0 Å². The van der Waals surface area contributed by atoms with Crippen molar-refractivity contribution in [3.05, 3.63) is 36.2 Å². The minimum atomic E-state index is -0.207. The molecule has 1 fully saturated rings. The van der Waals surface area contributed by atoms with E-state index in [1.165, 1.54) is 6.42 Å². The van der Waals surface area contributed by atoms with Crippen LogP contribution in [0.5, 0.6) is 11.5 Å². The lowest BCUT2D eigenvalue weighted by molar-refractivity contribution is 0.00400. The highest BCUT2D eigenvalue weighted by atomic mass is 16.7. The van der Waals surface area contributed by atoms with Crippen molar-refractivity contribution >= 4 is 11.6 Å². The van der Waals surface area contributed by atoms with Crippen molar-refractivity contribution in [2.45, 2.75) is 31.9 Å². The second kappa shape index (κ2) is 6.52. The van der Waals surface area contributed by atoms with Crippen molar-refractivity contribution in [2.24, 2.45) is 0 Å². The summed E-state index contributed by atoms with van der Waals surface area (Å²) in [5, 5.41) is 7.14. The van der Waals surface area contributed by atoms with Gasteiger partial charge in [0.25, 0.3) is 5.91 Å². The highest BCUT2D eigenvalue weighted by Gasteiger charge is 2.17. The molecule has 1 amide bonds. The number of nitrogens with zero attached hydrogens (tertiary/aromatic N) is 2. The smallest absolute Gasteiger partial charge is 0.255 e. The van der Waals surface area contributed by atoms with E-state index in [0.29, 0.717) is 29.3 Å². The minimum Gasteiger partial charge on any atom is -0.454 e. The van der Waals surface area contributed by atoms with E-state index in [9.17, 15) is 4.79 Å². The first-order chi connectivity index (χ1) is 11.8. The molecular formula is C17H19N3O4. The van der Waals surface area contributed by atoms with Crippen LogP contribution in [0.3, 0.4) is 0 Å². The van der Waals surface area contributed by atoms with Crippen LogP contribution in [-0.4, -0.2) is 35.2 Å². The molecule has 1 saturated heterocycles. The van der Waals surface area contributed by atoms with Crippen LogP contribution in [0, 0.1) is 0 Å². The van der Waals surface area contributed by atoms with Crippen molar-refractivity contribution in [1.29, 1.82) is 0 Å². The second-order valence-corrected chi connectivity index (χ2v) is 5.96. The van der Waals surface area contributed by atoms with Crippen LogP contribution >= 0.6 is 0 Å². The van der Waals surface area contributed by atoms with Crippen molar-refractivity contribution in [2.75, 3.05) is 18.7 Å². The molecule has 126 valence electrons. The van der Waals surface area contributed by atoms with Crippen molar-refractivity contribution in [3.8, 4) is 11.5 Å². The Kier molecular flexibility index (Phi) is 4.08. The summed E-state index contributed by atoms with van der Waals surface area (Å²) in [6.45, 7) is 1.72. The van der Waals surface area contributed by atoms with Gasteiger partial charge in [0.1, 0.15) is 0 Å². The molecule has 0 bridgehead atoms. The topological polar surface area (TPSA) is 74.6 Å². The summed E-state index contributed by atoms with van der Waals surface area (Å²) >= 11 is 0. The van der Waals surface area contributed by atoms with Gasteiger partial charge in [0.2, 0.25) is 6.79 Å². The molecule has 2 aliphatic heterocycles. The van der Waals surface area contributed by atoms with Crippen LogP contribution in [-0.2, 0) is 11.3 Å². The number of amides is 1. The molecule has 1 aromatic carbocycles. The van der Waals surface area contributed by atoms with E-state index < -0.39 is 0 Å². The van der Waals surface area contributed by atoms with Gasteiger partial charge < -0.3 is 19.5 Å². The van der Waals surface area contributed by atoms with Crippen LogP contribution in [0.15, 0.2) is 30.6 Å². The van der Waals surface area contributed by atoms with E-state index in [1.807, 2.05) is 10.9 Å². The quantitative estimate of drug-likeness (QED) is 0.932. The Morgan fingerprint density at radius 1 is 1.29 bits per heavy atom. The standard InChI is InChI=1S/C17H19N3O4/c21-17(12-4-5-15-16(7-12)24-11-23-15)19-13-8-18-20(9-13)10-14-3-1-2-6-22-14/h4-5,7-9,14H,1-3,6,10-11H2,(H,19,21)/t14-/m1/s1. The molecular weight excluding hydrogens is 310 g/mol. The maximum Gasteiger partial charge on any atom is 0.255 e. The number of anilines is 1. The van der Waals surface area contributed by atoms with E-state index in [0.717, 1.165) is 19.4 Å². The Balaban J connectivity index is 1.39. The third kappa shape index (κ3) is 3.21. The molecule has 7 nitrogen and oxygen atoms in total. The number of aromatic nitrogens is 2. The van der Waals surface area contributed by atoms with Gasteiger partial charge in [-0.1, -0.05) is 0 Å². The Bertz CT molecular complexity index is 737. The van der Waals surface area contributed by atoms with E-state index in [-0.39, 0.29) is 18.8 Å². The fourth-order valence-electron chi connectivity index (χ4n) is 2.93. The molecule has 0 radical (unpaired) electrons. The zero-order valence-electron chi connectivity index (χ0n) is 13.2. The Labute approximate surface area is 139 Å². The number of ether oxygens (including phenoxy) is 3. The maximum atomic E-state index is 12.3. The Hall–Kier alpha value is -2.54. The monoisotopic (exact) mass is 329 g/mol. The third-order valence-electron chi connectivity index (χ3n) is 4.19. The van der Waals surface area contributed by atoms with E-state index in [2.05, 4.69) is 10.4 Å². The SMILES string of the molecule is O=C(Nc1cnn(C[C@H]2CCCCO2)c1)c1ccc2c(c1)OCO2. The predicted molar refractivity (Wildman–Crippen MR) is 86.3 cm³/mol. The summed E-state index contributed by atoms with van der Waals surface area (Å²) in [6.07, 6.45) is 7.05. The normalized spacial score (nSPS) is 19.2. The first-order valence-electron chi connectivity index (χ1n) is 8.13. The number of hydrogen-bond acceptors (Lipinski definition) is 5. The molecule has 4 rings (SSSR count). The predicted octanol–water partition coefficient (Wildman–Crippen LogP) is 2.43. The molecule has 0 spiro atoms. The van der Waals surface area contributed by atoms with Gasteiger partial charge in [0.15, 0.2) is 11.5 Å². The van der Waals surface area contributed by atoms with Crippen molar-refractivity contribution in [1.82, 2.24) is 9.78 Å². The van der Waals surface area contributed by atoms with Gasteiger partial charge >= 0.3 is 0 Å². The fraction of sp³-hybridized carbons (Fsp3) is 0.412. The number of fused-ring (bicyclic) bond motifs is 1. The molecule has 0 aliphatic carbocycles. The molecule has 0 saturated carbocycles. The molecule has 1 atom stereocenters. The van der Waals surface area contributed by atoms with Crippen LogP contribution in [0.2, 0.25) is 0 Å². The van der Waals surface area contributed by atoms with Gasteiger partial charge in [-0.2, -0.15) is 5.10 Å². The van der Waals surface area contributed by atoms with Gasteiger partial charge in [0.05, 0.1) is 24.5 Å². The number of hydrogen-bond donors (Lipinski definition) is 1. The molecule has 1 aromatic heterocycles. The zero-order valence-corrected chi connectivity index (χ0v) is 13.2. The summed E-state index contributed by atoms with van der Waals surface area (Å²) in [4.78, 5) is 12.3. The number of carbonyl (C=O) groups is 1. The van der Waals surface area contributed by atoms with Gasteiger partial charge in [-0.05, 0) is 37.5 Å². The average Bonchev–Trinajstić information content (AvgIpc) is 3.24. The highest BCUT2D eigenvalue weighted by molar-refractivity contribution is 6.04.